The first kappa shape index (κ1) is 12.3. The number of hydrogen-bond donors (Lipinski definition) is 0. The molecular weight excluding hydrogens is 639 g/mol. The molecule has 250 valence electrons. The molecule has 0 aromatic heterocycles. The maximum Gasteiger partial charge on any atom is 0.0726 e. The largest absolute Gasteiger partial charge is 0.309 e. The fraction of sp³-hybridized carbons (Fsp3) is 0.0769. The molecule has 1 spiro atoms. The van der Waals surface area contributed by atoms with Crippen LogP contribution in [-0.4, -0.2) is 0 Å². The van der Waals surface area contributed by atoms with Gasteiger partial charge in [0.2, 0.25) is 0 Å². The third kappa shape index (κ3) is 3.97. The second kappa shape index (κ2) is 11.0. The highest BCUT2D eigenvalue weighted by molar-refractivity contribution is 6.03. The van der Waals surface area contributed by atoms with Crippen LogP contribution in [0, 0.1) is 0 Å². The minimum absolute atomic E-state index is 0.336. The fourth-order valence-electron chi connectivity index (χ4n) is 7.78. The Morgan fingerprint density at radius 1 is 0.415 bits per heavy atom. The van der Waals surface area contributed by atoms with Gasteiger partial charge in [-0.15, -0.1) is 0 Å². The number of hydrogen-bond acceptors (Lipinski definition) is 1. The lowest BCUT2D eigenvalue weighted by Gasteiger charge is -2.32. The first-order chi connectivity index (χ1) is 39.3. The molecule has 0 saturated carbocycles. The van der Waals surface area contributed by atoms with E-state index in [0.717, 1.165) is 24.3 Å². The zero-order valence-corrected chi connectivity index (χ0v) is 26.8. The molecule has 53 heavy (non-hydrogen) atoms. The summed E-state index contributed by atoms with van der Waals surface area (Å²) >= 11 is 0. The van der Waals surface area contributed by atoms with Crippen molar-refractivity contribution < 1.29 is 43.9 Å². The number of fused-ring (bicyclic) bond motifs is 13. The van der Waals surface area contributed by atoms with Crippen LogP contribution in [0.5, 0.6) is 0 Å². The van der Waals surface area contributed by atoms with E-state index >= 15 is 0 Å². The molecule has 8 aromatic carbocycles. The van der Waals surface area contributed by atoms with Crippen LogP contribution in [0.3, 0.4) is 0 Å². The minimum atomic E-state index is -3.91. The fourth-order valence-corrected chi connectivity index (χ4v) is 7.78. The van der Waals surface area contributed by atoms with Gasteiger partial charge in [0.05, 0.1) is 52.4 Å². The monoisotopic (exact) mass is 707 g/mol. The van der Waals surface area contributed by atoms with E-state index in [-0.39, 0.29) is 22.3 Å². The van der Waals surface area contributed by atoms with E-state index in [1.165, 1.54) is 0 Å². The quantitative estimate of drug-likeness (QED) is 0.176. The van der Waals surface area contributed by atoms with Gasteiger partial charge in [0.25, 0.3) is 0 Å². The Bertz CT molecular complexity index is 4350. The standard InChI is InChI=1S/C52H37N/c1-51(2)41-22-10-8-20-39(41)49-45(51)26-14-28-47(49)53(36-32-30-35(31-33-36)34-16-4-3-5-17-34)48-29-15-27-46-50(48)40-21-9-13-25-44(40)52(46)42-23-11-6-18-37(42)38-19-7-12-24-43(38)52/h3-33H,1-2H3/i1D3,2D3,4D,5D,6D,7D,8D,9D,10D,11D,12D,13D,14D,16D,17D,18D,19D,20D,21D,22D,25D,27D,28D,29D,30D,31D,32D,33D. The van der Waals surface area contributed by atoms with Gasteiger partial charge < -0.3 is 4.90 Å². The summed E-state index contributed by atoms with van der Waals surface area (Å²) in [7, 11) is 0. The minimum Gasteiger partial charge on any atom is -0.309 e. The van der Waals surface area contributed by atoms with Crippen molar-refractivity contribution in [2.45, 2.75) is 24.5 Å². The summed E-state index contributed by atoms with van der Waals surface area (Å²) in [5.74, 6) is 0. The van der Waals surface area contributed by atoms with Gasteiger partial charge in [-0.05, 0) is 90.9 Å². The van der Waals surface area contributed by atoms with Gasteiger partial charge in [0.15, 0.2) is 0 Å². The Hall–Kier alpha value is -6.44. The zero-order valence-electron chi connectivity index (χ0n) is 58.8. The van der Waals surface area contributed by atoms with Crippen molar-refractivity contribution >= 4 is 17.1 Å². The van der Waals surface area contributed by atoms with Crippen molar-refractivity contribution in [3.05, 3.63) is 221 Å². The van der Waals surface area contributed by atoms with E-state index in [4.69, 9.17) is 24.7 Å². The average molecular weight is 708 g/mol. The van der Waals surface area contributed by atoms with E-state index in [2.05, 4.69) is 0 Å². The maximum absolute atomic E-state index is 10.1. The van der Waals surface area contributed by atoms with Crippen LogP contribution in [0.4, 0.5) is 17.1 Å². The lowest BCUT2D eigenvalue weighted by atomic mass is 9.70. The summed E-state index contributed by atoms with van der Waals surface area (Å²) in [6, 6.07) is -20.9. The highest BCUT2D eigenvalue weighted by atomic mass is 15.1. The van der Waals surface area contributed by atoms with Crippen molar-refractivity contribution in [1.82, 2.24) is 0 Å². The van der Waals surface area contributed by atoms with E-state index in [0.29, 0.717) is 11.0 Å². The van der Waals surface area contributed by atoms with Gasteiger partial charge in [0.1, 0.15) is 0 Å². The molecule has 0 unspecified atom stereocenters. The second-order valence-corrected chi connectivity index (χ2v) is 12.4. The Kier molecular flexibility index (Phi) is 2.56. The first-order valence-corrected chi connectivity index (χ1v) is 16.1. The van der Waals surface area contributed by atoms with E-state index in [1.54, 1.807) is 0 Å². The van der Waals surface area contributed by atoms with Gasteiger partial charge in [-0.3, -0.25) is 0 Å². The number of benzene rings is 8. The molecule has 11 rings (SSSR count). The van der Waals surface area contributed by atoms with Gasteiger partial charge in [-0.25, -0.2) is 0 Å². The van der Waals surface area contributed by atoms with Crippen LogP contribution < -0.4 is 4.90 Å². The third-order valence-corrected chi connectivity index (χ3v) is 9.85. The topological polar surface area (TPSA) is 3.24 Å². The summed E-state index contributed by atoms with van der Waals surface area (Å²) in [4.78, 5) is 0.503. The molecular formula is C52H37N. The molecule has 1 nitrogen and oxygen atoms in total. The third-order valence-electron chi connectivity index (χ3n) is 9.85. The molecule has 3 aliphatic carbocycles. The highest BCUT2D eigenvalue weighted by Crippen LogP contribution is 2.65. The lowest BCUT2D eigenvalue weighted by molar-refractivity contribution is 0.660. The average Bonchev–Trinajstić information content (AvgIpc) is 1.50. The molecule has 0 bridgehead atoms. The van der Waals surface area contributed by atoms with Crippen LogP contribution in [0.2, 0.25) is 0 Å². The number of anilines is 3. The van der Waals surface area contributed by atoms with Crippen molar-refractivity contribution in [1.29, 1.82) is 0 Å². The second-order valence-electron chi connectivity index (χ2n) is 12.4. The summed E-state index contributed by atoms with van der Waals surface area (Å²) in [5, 5.41) is 0. The Morgan fingerprint density at radius 3 is 1.70 bits per heavy atom. The smallest absolute Gasteiger partial charge is 0.0726 e. The van der Waals surface area contributed by atoms with Crippen LogP contribution in [0.1, 0.15) is 90.9 Å². The van der Waals surface area contributed by atoms with Crippen molar-refractivity contribution in [3.63, 3.8) is 0 Å². The first-order valence-electron chi connectivity index (χ1n) is 32.1. The maximum atomic E-state index is 10.1. The van der Waals surface area contributed by atoms with E-state index in [9.17, 15) is 19.2 Å². The summed E-state index contributed by atoms with van der Waals surface area (Å²) in [6.07, 6.45) is 0. The molecule has 0 heterocycles. The number of rotatable bonds is 4. The molecule has 0 atom stereocenters. The van der Waals surface area contributed by atoms with E-state index in [1.807, 2.05) is 0 Å². The highest BCUT2D eigenvalue weighted by Gasteiger charge is 2.52. The lowest BCUT2D eigenvalue weighted by Crippen LogP contribution is -2.26. The van der Waals surface area contributed by atoms with E-state index < -0.39 is 254 Å². The Balaban J connectivity index is 1.47. The van der Waals surface area contributed by atoms with Gasteiger partial charge >= 0.3 is 0 Å². The molecule has 0 amide bonds. The molecule has 1 heteroatoms. The summed E-state index contributed by atoms with van der Waals surface area (Å²) < 4.78 is 296. The van der Waals surface area contributed by atoms with Crippen LogP contribution in [0.15, 0.2) is 187 Å². The molecule has 3 aliphatic rings. The van der Waals surface area contributed by atoms with Crippen molar-refractivity contribution in [3.8, 4) is 44.5 Å². The SMILES string of the molecule is [2H]c1cc2c(c([2H])c1[2H])-c1c(cc([2H])c([2H])c1[2H])C21c2c([2H])cc([2H])c(N(c3c([2H])c([2H])c(-c4c([2H])c([2H])cc([2H])c4[2H])c([2H])c3[2H])c3c([2H])c([2H])cc4c3-c3c([2H])c([2H])c([2H])c([2H])c3C4(C([2H])([2H])[2H])C([2H])([2H])[2H])c2-c2c([2H])c([2H])c([2H])c([2H])c21. The molecule has 8 aromatic rings. The molecule has 0 saturated heterocycles. The Morgan fingerprint density at radius 2 is 0.981 bits per heavy atom. The molecule has 0 radical (unpaired) electrons. The van der Waals surface area contributed by atoms with Gasteiger partial charge in [0, 0.05) is 30.5 Å². The van der Waals surface area contributed by atoms with Crippen molar-refractivity contribution in [2.75, 3.05) is 4.90 Å². The molecule has 0 fully saturated rings. The van der Waals surface area contributed by atoms with Crippen molar-refractivity contribution in [2.24, 2.45) is 0 Å². The summed E-state index contributed by atoms with van der Waals surface area (Å²) in [5.41, 5.74) is -19.1. The van der Waals surface area contributed by atoms with Crippen LogP contribution >= 0.6 is 0 Å². The van der Waals surface area contributed by atoms with Crippen LogP contribution in [0.25, 0.3) is 44.5 Å². The van der Waals surface area contributed by atoms with Crippen LogP contribution in [-0.2, 0) is 10.8 Å². The van der Waals surface area contributed by atoms with Gasteiger partial charge in [-0.1, -0.05) is 177 Å². The molecule has 0 aliphatic heterocycles. The predicted octanol–water partition coefficient (Wildman–Crippen LogP) is 13.5. The predicted molar refractivity (Wildman–Crippen MR) is 220 cm³/mol. The molecule has 0 N–H and O–H groups in total. The summed E-state index contributed by atoms with van der Waals surface area (Å²) in [6.45, 7) is -7.81. The normalized spacial score (nSPS) is 23.5. The number of nitrogens with zero attached hydrogens (tertiary/aromatic N) is 1. The zero-order chi connectivity index (χ0) is 62.9. The van der Waals surface area contributed by atoms with Gasteiger partial charge in [-0.2, -0.15) is 0 Å². The Labute approximate surface area is 356 Å².